The summed E-state index contributed by atoms with van der Waals surface area (Å²) in [5.74, 6) is 0.532. The molecule has 1 aromatic heterocycles. The van der Waals surface area contributed by atoms with Crippen LogP contribution in [0.2, 0.25) is 5.15 Å². The molecule has 4 heteroatoms. The fourth-order valence-corrected chi connectivity index (χ4v) is 1.75. The standard InChI is InChI=1S/C11H13ClN2O/c1-7-2-4-9(7)14-11(15)8-3-5-10(12)13-6-8/h3,5-7,9H,2,4H2,1H3,(H,14,15). The molecule has 0 spiro atoms. The molecule has 2 atom stereocenters. The number of hydrogen-bond donors (Lipinski definition) is 1. The van der Waals surface area contributed by atoms with Crippen LogP contribution in [0.25, 0.3) is 0 Å². The molecule has 1 amide bonds. The Hall–Kier alpha value is -1.09. The summed E-state index contributed by atoms with van der Waals surface area (Å²) in [6, 6.07) is 3.64. The Labute approximate surface area is 93.8 Å². The SMILES string of the molecule is CC1CCC1NC(=O)c1ccc(Cl)nc1. The molecular formula is C11H13ClN2O. The number of amides is 1. The van der Waals surface area contributed by atoms with Crippen molar-refractivity contribution < 1.29 is 4.79 Å². The van der Waals surface area contributed by atoms with Crippen molar-refractivity contribution in [3.8, 4) is 0 Å². The van der Waals surface area contributed by atoms with E-state index >= 15 is 0 Å². The molecule has 2 unspecified atom stereocenters. The van der Waals surface area contributed by atoms with Crippen LogP contribution in [0.4, 0.5) is 0 Å². The van der Waals surface area contributed by atoms with Crippen LogP contribution in [-0.4, -0.2) is 16.9 Å². The van der Waals surface area contributed by atoms with Gasteiger partial charge in [0.15, 0.2) is 0 Å². The Bertz CT molecular complexity index is 363. The van der Waals surface area contributed by atoms with Crippen LogP contribution in [0.5, 0.6) is 0 Å². The van der Waals surface area contributed by atoms with Crippen molar-refractivity contribution in [1.82, 2.24) is 10.3 Å². The Kier molecular flexibility index (Phi) is 2.91. The minimum Gasteiger partial charge on any atom is -0.349 e. The molecule has 1 aliphatic rings. The van der Waals surface area contributed by atoms with Crippen molar-refractivity contribution in [3.63, 3.8) is 0 Å². The number of hydrogen-bond acceptors (Lipinski definition) is 2. The summed E-state index contributed by atoms with van der Waals surface area (Å²) in [5.41, 5.74) is 0.568. The van der Waals surface area contributed by atoms with Gasteiger partial charge < -0.3 is 5.32 Å². The van der Waals surface area contributed by atoms with E-state index in [4.69, 9.17) is 11.6 Å². The largest absolute Gasteiger partial charge is 0.349 e. The second kappa shape index (κ2) is 4.19. The van der Waals surface area contributed by atoms with Gasteiger partial charge in [0.1, 0.15) is 5.15 Å². The molecule has 0 aromatic carbocycles. The maximum atomic E-state index is 11.7. The van der Waals surface area contributed by atoms with Crippen LogP contribution in [0.15, 0.2) is 18.3 Å². The number of nitrogens with zero attached hydrogens (tertiary/aromatic N) is 1. The molecule has 1 heterocycles. The summed E-state index contributed by atoms with van der Waals surface area (Å²) < 4.78 is 0. The van der Waals surface area contributed by atoms with Crippen molar-refractivity contribution in [1.29, 1.82) is 0 Å². The second-order valence-electron chi connectivity index (χ2n) is 4.00. The lowest BCUT2D eigenvalue weighted by atomic mass is 9.81. The van der Waals surface area contributed by atoms with Crippen molar-refractivity contribution in [2.75, 3.05) is 0 Å². The summed E-state index contributed by atoms with van der Waals surface area (Å²) >= 11 is 5.64. The van der Waals surface area contributed by atoms with Crippen LogP contribution in [0, 0.1) is 5.92 Å². The smallest absolute Gasteiger partial charge is 0.253 e. The quantitative estimate of drug-likeness (QED) is 0.783. The first kappa shape index (κ1) is 10.4. The Morgan fingerprint density at radius 3 is 2.80 bits per heavy atom. The monoisotopic (exact) mass is 224 g/mol. The van der Waals surface area contributed by atoms with Gasteiger partial charge in [-0.05, 0) is 30.9 Å². The van der Waals surface area contributed by atoms with E-state index in [0.29, 0.717) is 22.7 Å². The fourth-order valence-electron chi connectivity index (χ4n) is 1.64. The van der Waals surface area contributed by atoms with E-state index in [1.54, 1.807) is 12.1 Å². The van der Waals surface area contributed by atoms with E-state index in [1.807, 2.05) is 0 Å². The molecule has 15 heavy (non-hydrogen) atoms. The Morgan fingerprint density at radius 1 is 1.53 bits per heavy atom. The van der Waals surface area contributed by atoms with Gasteiger partial charge in [0.2, 0.25) is 0 Å². The molecule has 0 radical (unpaired) electrons. The van der Waals surface area contributed by atoms with E-state index in [-0.39, 0.29) is 5.91 Å². The van der Waals surface area contributed by atoms with Gasteiger partial charge in [0, 0.05) is 12.2 Å². The zero-order chi connectivity index (χ0) is 10.8. The highest BCUT2D eigenvalue weighted by molar-refractivity contribution is 6.29. The average Bonchev–Trinajstić information content (AvgIpc) is 2.24. The van der Waals surface area contributed by atoms with Crippen molar-refractivity contribution in [2.45, 2.75) is 25.8 Å². The predicted octanol–water partition coefficient (Wildman–Crippen LogP) is 2.26. The zero-order valence-electron chi connectivity index (χ0n) is 8.53. The lowest BCUT2D eigenvalue weighted by Gasteiger charge is -2.34. The van der Waals surface area contributed by atoms with Gasteiger partial charge in [-0.15, -0.1) is 0 Å². The highest BCUT2D eigenvalue weighted by atomic mass is 35.5. The third-order valence-corrected chi connectivity index (χ3v) is 3.15. The highest BCUT2D eigenvalue weighted by Gasteiger charge is 2.28. The lowest BCUT2D eigenvalue weighted by molar-refractivity contribution is 0.0884. The molecule has 2 rings (SSSR count). The summed E-state index contributed by atoms with van der Waals surface area (Å²) in [5, 5.41) is 3.39. The number of nitrogens with one attached hydrogen (secondary N) is 1. The number of rotatable bonds is 2. The number of carbonyl (C=O) groups excluding carboxylic acids is 1. The average molecular weight is 225 g/mol. The minimum atomic E-state index is -0.0595. The number of carbonyl (C=O) groups is 1. The number of aromatic nitrogens is 1. The van der Waals surface area contributed by atoms with Crippen molar-refractivity contribution in [2.24, 2.45) is 5.92 Å². The zero-order valence-corrected chi connectivity index (χ0v) is 9.29. The molecule has 1 fully saturated rings. The van der Waals surface area contributed by atoms with Gasteiger partial charge >= 0.3 is 0 Å². The lowest BCUT2D eigenvalue weighted by Crippen LogP contribution is -2.45. The first-order valence-corrected chi connectivity index (χ1v) is 5.47. The minimum absolute atomic E-state index is 0.0595. The second-order valence-corrected chi connectivity index (χ2v) is 4.39. The van der Waals surface area contributed by atoms with Crippen LogP contribution >= 0.6 is 11.6 Å². The predicted molar refractivity (Wildman–Crippen MR) is 58.9 cm³/mol. The molecule has 80 valence electrons. The summed E-state index contributed by atoms with van der Waals surface area (Å²) in [4.78, 5) is 15.6. The van der Waals surface area contributed by atoms with Gasteiger partial charge in [-0.1, -0.05) is 18.5 Å². The molecular weight excluding hydrogens is 212 g/mol. The topological polar surface area (TPSA) is 42.0 Å². The normalized spacial score (nSPS) is 24.4. The van der Waals surface area contributed by atoms with Gasteiger partial charge in [-0.25, -0.2) is 4.98 Å². The molecule has 1 saturated carbocycles. The third kappa shape index (κ3) is 2.29. The molecule has 0 bridgehead atoms. The van der Waals surface area contributed by atoms with E-state index in [0.717, 1.165) is 6.42 Å². The van der Waals surface area contributed by atoms with Gasteiger partial charge in [0.05, 0.1) is 5.56 Å². The summed E-state index contributed by atoms with van der Waals surface area (Å²) in [6.45, 7) is 2.15. The Balaban J connectivity index is 1.98. The van der Waals surface area contributed by atoms with Gasteiger partial charge in [0.25, 0.3) is 5.91 Å². The van der Waals surface area contributed by atoms with E-state index in [1.165, 1.54) is 12.6 Å². The fraction of sp³-hybridized carbons (Fsp3) is 0.455. The molecule has 1 N–H and O–H groups in total. The van der Waals surface area contributed by atoms with Crippen LogP contribution < -0.4 is 5.32 Å². The molecule has 0 aliphatic heterocycles. The summed E-state index contributed by atoms with van der Waals surface area (Å²) in [7, 11) is 0. The molecule has 3 nitrogen and oxygen atoms in total. The van der Waals surface area contributed by atoms with Gasteiger partial charge in [-0.3, -0.25) is 4.79 Å². The molecule has 1 aromatic rings. The number of pyridine rings is 1. The van der Waals surface area contributed by atoms with Crippen LogP contribution in [0.3, 0.4) is 0 Å². The first-order valence-electron chi connectivity index (χ1n) is 5.09. The first-order chi connectivity index (χ1) is 7.16. The third-order valence-electron chi connectivity index (χ3n) is 2.93. The summed E-state index contributed by atoms with van der Waals surface area (Å²) in [6.07, 6.45) is 3.78. The van der Waals surface area contributed by atoms with Crippen molar-refractivity contribution >= 4 is 17.5 Å². The van der Waals surface area contributed by atoms with Crippen LogP contribution in [-0.2, 0) is 0 Å². The molecule has 1 aliphatic carbocycles. The highest BCUT2D eigenvalue weighted by Crippen LogP contribution is 2.26. The maximum Gasteiger partial charge on any atom is 0.253 e. The van der Waals surface area contributed by atoms with E-state index in [9.17, 15) is 4.79 Å². The Morgan fingerprint density at radius 2 is 2.33 bits per heavy atom. The van der Waals surface area contributed by atoms with Crippen molar-refractivity contribution in [3.05, 3.63) is 29.0 Å². The van der Waals surface area contributed by atoms with Gasteiger partial charge in [-0.2, -0.15) is 0 Å². The van der Waals surface area contributed by atoms with E-state index < -0.39 is 0 Å². The van der Waals surface area contributed by atoms with Crippen LogP contribution in [0.1, 0.15) is 30.1 Å². The molecule has 0 saturated heterocycles. The number of halogens is 1. The van der Waals surface area contributed by atoms with E-state index in [2.05, 4.69) is 17.2 Å². The maximum absolute atomic E-state index is 11.7.